The second kappa shape index (κ2) is 6.36. The maximum atomic E-state index is 9.10. The van der Waals surface area contributed by atoms with Crippen LogP contribution in [0.2, 0.25) is 0 Å². The number of ether oxygens (including phenoxy) is 2. The van der Waals surface area contributed by atoms with Crippen molar-refractivity contribution in [1.29, 1.82) is 0 Å². The van der Waals surface area contributed by atoms with Gasteiger partial charge in [0.15, 0.2) is 11.5 Å². The molecule has 2 aromatic rings. The van der Waals surface area contributed by atoms with E-state index in [1.165, 1.54) is 0 Å². The smallest absolute Gasteiger partial charge is 0.169 e. The fraction of sp³-hybridized carbons (Fsp3) is 0.267. The Morgan fingerprint density at radius 3 is 2.60 bits per heavy atom. The molecule has 1 aromatic carbocycles. The summed E-state index contributed by atoms with van der Waals surface area (Å²) in [6, 6.07) is 8.80. The third-order valence-corrected chi connectivity index (χ3v) is 2.86. The number of nitrogens with two attached hydrogens (primary N) is 1. The molecule has 0 spiro atoms. The quantitative estimate of drug-likeness (QED) is 0.875. The van der Waals surface area contributed by atoms with Gasteiger partial charge in [-0.25, -0.2) is 0 Å². The maximum absolute atomic E-state index is 9.10. The molecule has 0 aliphatic rings. The van der Waals surface area contributed by atoms with Crippen molar-refractivity contribution in [1.82, 2.24) is 4.98 Å². The van der Waals surface area contributed by atoms with Gasteiger partial charge < -0.3 is 20.3 Å². The lowest BCUT2D eigenvalue weighted by atomic mass is 10.2. The Morgan fingerprint density at radius 2 is 2.05 bits per heavy atom. The second-order valence-corrected chi connectivity index (χ2v) is 4.45. The number of rotatable bonds is 5. The molecule has 2 rings (SSSR count). The van der Waals surface area contributed by atoms with Gasteiger partial charge in [0, 0.05) is 6.04 Å². The molecule has 0 aliphatic heterocycles. The van der Waals surface area contributed by atoms with Crippen molar-refractivity contribution >= 4 is 0 Å². The van der Waals surface area contributed by atoms with Crippen molar-refractivity contribution in [2.24, 2.45) is 5.73 Å². The van der Waals surface area contributed by atoms with Gasteiger partial charge in [0.05, 0.1) is 25.6 Å². The Hall–Kier alpha value is -2.11. The van der Waals surface area contributed by atoms with Gasteiger partial charge in [0.25, 0.3) is 0 Å². The predicted octanol–water partition coefficient (Wildman–Crippen LogP) is 2.39. The summed E-state index contributed by atoms with van der Waals surface area (Å²) in [5, 5.41) is 9.10. The molecule has 0 saturated carbocycles. The van der Waals surface area contributed by atoms with Crippen LogP contribution in [-0.2, 0) is 6.61 Å². The molecule has 1 heterocycles. The molecular weight excluding hydrogens is 256 g/mol. The van der Waals surface area contributed by atoms with Crippen molar-refractivity contribution in [3.63, 3.8) is 0 Å². The van der Waals surface area contributed by atoms with Crippen LogP contribution < -0.4 is 15.2 Å². The van der Waals surface area contributed by atoms with Gasteiger partial charge >= 0.3 is 0 Å². The highest BCUT2D eigenvalue weighted by Crippen LogP contribution is 2.32. The molecule has 3 N–H and O–H groups in total. The van der Waals surface area contributed by atoms with E-state index in [0.717, 1.165) is 11.3 Å². The van der Waals surface area contributed by atoms with E-state index in [-0.39, 0.29) is 12.6 Å². The van der Waals surface area contributed by atoms with E-state index in [9.17, 15) is 0 Å². The molecule has 0 fully saturated rings. The van der Waals surface area contributed by atoms with Gasteiger partial charge in [-0.05, 0) is 36.8 Å². The van der Waals surface area contributed by atoms with Crippen LogP contribution in [0.5, 0.6) is 17.2 Å². The number of aliphatic hydroxyl groups excluding tert-OH is 1. The number of hydrogen-bond acceptors (Lipinski definition) is 5. The zero-order chi connectivity index (χ0) is 14.5. The van der Waals surface area contributed by atoms with Crippen LogP contribution in [0.1, 0.15) is 24.2 Å². The summed E-state index contributed by atoms with van der Waals surface area (Å²) in [5.41, 5.74) is 7.32. The first-order valence-corrected chi connectivity index (χ1v) is 6.31. The number of hydrogen-bond donors (Lipinski definition) is 2. The van der Waals surface area contributed by atoms with E-state index >= 15 is 0 Å². The molecule has 0 aliphatic carbocycles. The average Bonchev–Trinajstić information content (AvgIpc) is 2.48. The molecule has 0 amide bonds. The Balaban J connectivity index is 2.20. The third-order valence-electron chi connectivity index (χ3n) is 2.86. The van der Waals surface area contributed by atoms with Gasteiger partial charge in [0.2, 0.25) is 0 Å². The molecule has 5 heteroatoms. The van der Waals surface area contributed by atoms with E-state index in [1.807, 2.05) is 19.1 Å². The molecule has 5 nitrogen and oxygen atoms in total. The summed E-state index contributed by atoms with van der Waals surface area (Å²) in [6.45, 7) is 1.83. The van der Waals surface area contributed by atoms with Crippen LogP contribution in [0.25, 0.3) is 0 Å². The van der Waals surface area contributed by atoms with E-state index in [4.69, 9.17) is 20.3 Å². The monoisotopic (exact) mass is 274 g/mol. The SMILES string of the molecule is COc1cc(CO)ccc1Oc1ccc([C@H](C)N)nc1. The standard InChI is InChI=1S/C15H18N2O3/c1-10(16)13-5-4-12(8-17-13)20-14-6-3-11(9-18)7-15(14)19-2/h3-8,10,18H,9,16H2,1-2H3/t10-/m0/s1. The average molecular weight is 274 g/mol. The van der Waals surface area contributed by atoms with Gasteiger partial charge in [-0.1, -0.05) is 6.07 Å². The molecule has 106 valence electrons. The van der Waals surface area contributed by atoms with Crippen molar-refractivity contribution in [2.75, 3.05) is 7.11 Å². The largest absolute Gasteiger partial charge is 0.493 e. The van der Waals surface area contributed by atoms with Crippen LogP contribution in [0.4, 0.5) is 0 Å². The zero-order valence-corrected chi connectivity index (χ0v) is 11.5. The first-order chi connectivity index (χ1) is 9.63. The summed E-state index contributed by atoms with van der Waals surface area (Å²) < 4.78 is 11.0. The Bertz CT molecular complexity index is 568. The van der Waals surface area contributed by atoms with Gasteiger partial charge in [-0.2, -0.15) is 0 Å². The highest BCUT2D eigenvalue weighted by molar-refractivity contribution is 5.45. The van der Waals surface area contributed by atoms with Gasteiger partial charge in [0.1, 0.15) is 5.75 Å². The van der Waals surface area contributed by atoms with Crippen LogP contribution in [0, 0.1) is 0 Å². The Kier molecular flexibility index (Phi) is 4.55. The molecule has 0 bridgehead atoms. The minimum atomic E-state index is -0.109. The van der Waals surface area contributed by atoms with Crippen molar-refractivity contribution < 1.29 is 14.6 Å². The Morgan fingerprint density at radius 1 is 1.25 bits per heavy atom. The molecule has 0 saturated heterocycles. The summed E-state index contributed by atoms with van der Waals surface area (Å²) >= 11 is 0. The zero-order valence-electron chi connectivity index (χ0n) is 11.5. The molecule has 20 heavy (non-hydrogen) atoms. The number of nitrogens with zero attached hydrogens (tertiary/aromatic N) is 1. The second-order valence-electron chi connectivity index (χ2n) is 4.45. The lowest BCUT2D eigenvalue weighted by Crippen LogP contribution is -2.06. The van der Waals surface area contributed by atoms with E-state index in [2.05, 4.69) is 4.98 Å². The molecular formula is C15H18N2O3. The first-order valence-electron chi connectivity index (χ1n) is 6.31. The highest BCUT2D eigenvalue weighted by atomic mass is 16.5. The summed E-state index contributed by atoms with van der Waals surface area (Å²) in [5.74, 6) is 1.73. The minimum absolute atomic E-state index is 0.0404. The normalized spacial score (nSPS) is 12.0. The number of pyridine rings is 1. The summed E-state index contributed by atoms with van der Waals surface area (Å²) in [6.07, 6.45) is 1.62. The number of aliphatic hydroxyl groups is 1. The number of aromatic nitrogens is 1. The van der Waals surface area contributed by atoms with Crippen molar-refractivity contribution in [3.8, 4) is 17.2 Å². The van der Waals surface area contributed by atoms with Crippen LogP contribution in [-0.4, -0.2) is 17.2 Å². The van der Waals surface area contributed by atoms with E-state index < -0.39 is 0 Å². The summed E-state index contributed by atoms with van der Waals surface area (Å²) in [4.78, 5) is 4.23. The molecule has 0 radical (unpaired) electrons. The first kappa shape index (κ1) is 14.3. The highest BCUT2D eigenvalue weighted by Gasteiger charge is 2.08. The Labute approximate surface area is 118 Å². The van der Waals surface area contributed by atoms with Crippen molar-refractivity contribution in [2.45, 2.75) is 19.6 Å². The van der Waals surface area contributed by atoms with E-state index in [1.54, 1.807) is 31.5 Å². The predicted molar refractivity (Wildman–Crippen MR) is 75.8 cm³/mol. The van der Waals surface area contributed by atoms with Crippen LogP contribution in [0.3, 0.4) is 0 Å². The maximum Gasteiger partial charge on any atom is 0.169 e. The molecule has 0 unspecified atom stereocenters. The third kappa shape index (κ3) is 3.26. The fourth-order valence-corrected chi connectivity index (χ4v) is 1.74. The number of benzene rings is 1. The lowest BCUT2D eigenvalue weighted by Gasteiger charge is -2.12. The summed E-state index contributed by atoms with van der Waals surface area (Å²) in [7, 11) is 1.56. The molecule has 1 atom stereocenters. The number of methoxy groups -OCH3 is 1. The van der Waals surface area contributed by atoms with E-state index in [0.29, 0.717) is 17.2 Å². The fourth-order valence-electron chi connectivity index (χ4n) is 1.74. The van der Waals surface area contributed by atoms with Crippen LogP contribution in [0.15, 0.2) is 36.5 Å². The van der Waals surface area contributed by atoms with Crippen LogP contribution >= 0.6 is 0 Å². The topological polar surface area (TPSA) is 77.6 Å². The van der Waals surface area contributed by atoms with Crippen molar-refractivity contribution in [3.05, 3.63) is 47.8 Å². The van der Waals surface area contributed by atoms with Gasteiger partial charge in [-0.3, -0.25) is 4.98 Å². The minimum Gasteiger partial charge on any atom is -0.493 e. The van der Waals surface area contributed by atoms with Gasteiger partial charge in [-0.15, -0.1) is 0 Å². The lowest BCUT2D eigenvalue weighted by molar-refractivity contribution is 0.280. The molecule has 1 aromatic heterocycles.